The number of oxime groups is 1. The molecular formula is C26H23N3O4. The Morgan fingerprint density at radius 2 is 1.64 bits per heavy atom. The molecule has 0 saturated carbocycles. The first-order chi connectivity index (χ1) is 16.1. The van der Waals surface area contributed by atoms with Gasteiger partial charge in [-0.2, -0.15) is 0 Å². The molecule has 1 atom stereocenters. The van der Waals surface area contributed by atoms with Crippen molar-refractivity contribution in [3.63, 3.8) is 0 Å². The van der Waals surface area contributed by atoms with Gasteiger partial charge in [-0.05, 0) is 23.8 Å². The van der Waals surface area contributed by atoms with Crippen molar-refractivity contribution in [3.8, 4) is 5.75 Å². The van der Waals surface area contributed by atoms with E-state index in [1.165, 1.54) is 13.2 Å². The highest BCUT2D eigenvalue weighted by molar-refractivity contribution is 6.26. The zero-order chi connectivity index (χ0) is 23.2. The minimum Gasteiger partial charge on any atom is -0.495 e. The lowest BCUT2D eigenvalue weighted by Crippen LogP contribution is -2.44. The number of para-hydroxylation sites is 2. The van der Waals surface area contributed by atoms with Crippen molar-refractivity contribution in [2.45, 2.75) is 12.5 Å². The lowest BCUT2D eigenvalue weighted by molar-refractivity contribution is -0.117. The summed E-state index contributed by atoms with van der Waals surface area (Å²) in [6.45, 7) is 0. The maximum Gasteiger partial charge on any atom is 0.247 e. The third-order valence-corrected chi connectivity index (χ3v) is 5.37. The molecule has 7 heteroatoms. The van der Waals surface area contributed by atoms with Crippen LogP contribution in [0.3, 0.4) is 0 Å². The van der Waals surface area contributed by atoms with E-state index in [2.05, 4.69) is 15.8 Å². The van der Waals surface area contributed by atoms with Gasteiger partial charge < -0.3 is 20.6 Å². The second kappa shape index (κ2) is 9.82. The quantitative estimate of drug-likeness (QED) is 0.383. The van der Waals surface area contributed by atoms with E-state index < -0.39 is 6.04 Å². The highest BCUT2D eigenvalue weighted by Crippen LogP contribution is 2.24. The molecule has 7 nitrogen and oxygen atoms in total. The van der Waals surface area contributed by atoms with Gasteiger partial charge in [0.2, 0.25) is 11.7 Å². The van der Waals surface area contributed by atoms with Gasteiger partial charge in [0.05, 0.1) is 18.5 Å². The molecule has 33 heavy (non-hydrogen) atoms. The van der Waals surface area contributed by atoms with E-state index in [0.717, 1.165) is 5.56 Å². The van der Waals surface area contributed by atoms with Crippen LogP contribution in [-0.2, 0) is 11.2 Å². The molecule has 0 spiro atoms. The third kappa shape index (κ3) is 4.77. The first-order valence-corrected chi connectivity index (χ1v) is 10.4. The molecule has 0 aliphatic heterocycles. The molecule has 0 aromatic heterocycles. The standard InChI is InChI=1S/C26H23N3O4/c1-33-24-14-8-7-13-20(24)28-26(31)23(15-17-9-3-2-4-10-17)27-22-16-21(29-32)18-11-5-6-12-19(18)25(22)30/h2-14,16,23,27,32H,15H2,1H3,(H,28,31)/t23-/m1/s1. The summed E-state index contributed by atoms with van der Waals surface area (Å²) in [6, 6.07) is 22.7. The van der Waals surface area contributed by atoms with Gasteiger partial charge in [-0.1, -0.05) is 71.9 Å². The van der Waals surface area contributed by atoms with Crippen LogP contribution in [0.25, 0.3) is 0 Å². The molecule has 4 rings (SSSR count). The first-order valence-electron chi connectivity index (χ1n) is 10.4. The average molecular weight is 441 g/mol. The smallest absolute Gasteiger partial charge is 0.247 e. The number of Topliss-reactive ketones (excluding diaryl/α,β-unsaturated/α-hetero) is 1. The van der Waals surface area contributed by atoms with Crippen molar-refractivity contribution in [2.75, 3.05) is 12.4 Å². The van der Waals surface area contributed by atoms with Crippen molar-refractivity contribution in [1.82, 2.24) is 5.32 Å². The number of nitrogens with one attached hydrogen (secondary N) is 2. The minimum absolute atomic E-state index is 0.178. The van der Waals surface area contributed by atoms with E-state index in [4.69, 9.17) is 4.74 Å². The van der Waals surface area contributed by atoms with Crippen molar-refractivity contribution in [3.05, 3.63) is 107 Å². The first kappa shape index (κ1) is 21.8. The molecule has 1 aliphatic rings. The molecule has 0 unspecified atom stereocenters. The number of hydrogen-bond donors (Lipinski definition) is 3. The minimum atomic E-state index is -0.780. The van der Waals surface area contributed by atoms with Gasteiger partial charge in [-0.3, -0.25) is 9.59 Å². The number of fused-ring (bicyclic) bond motifs is 1. The Morgan fingerprint density at radius 1 is 0.970 bits per heavy atom. The molecule has 166 valence electrons. The average Bonchev–Trinajstić information content (AvgIpc) is 2.86. The third-order valence-electron chi connectivity index (χ3n) is 5.37. The van der Waals surface area contributed by atoms with Gasteiger partial charge in [-0.25, -0.2) is 0 Å². The van der Waals surface area contributed by atoms with Crippen LogP contribution < -0.4 is 15.4 Å². The predicted molar refractivity (Wildman–Crippen MR) is 126 cm³/mol. The monoisotopic (exact) mass is 441 g/mol. The van der Waals surface area contributed by atoms with Crippen LogP contribution in [0, 0.1) is 0 Å². The largest absolute Gasteiger partial charge is 0.495 e. The number of ether oxygens (including phenoxy) is 1. The van der Waals surface area contributed by atoms with Gasteiger partial charge >= 0.3 is 0 Å². The topological polar surface area (TPSA) is 100 Å². The molecule has 1 aliphatic carbocycles. The number of methoxy groups -OCH3 is 1. The summed E-state index contributed by atoms with van der Waals surface area (Å²) in [7, 11) is 1.53. The molecular weight excluding hydrogens is 418 g/mol. The lowest BCUT2D eigenvalue weighted by Gasteiger charge is -2.24. The highest BCUT2D eigenvalue weighted by atomic mass is 16.5. The normalized spacial score (nSPS) is 14.8. The zero-order valence-corrected chi connectivity index (χ0v) is 18.0. The SMILES string of the molecule is COc1ccccc1NC(=O)[C@@H](Cc1ccccc1)NC1=CC(=NO)c2ccccc2C1=O. The van der Waals surface area contributed by atoms with E-state index in [1.807, 2.05) is 36.4 Å². The number of rotatable bonds is 7. The summed E-state index contributed by atoms with van der Waals surface area (Å²) in [4.78, 5) is 26.4. The summed E-state index contributed by atoms with van der Waals surface area (Å²) in [5.74, 6) is -0.0829. The van der Waals surface area contributed by atoms with Crippen LogP contribution in [-0.4, -0.2) is 35.8 Å². The second-order valence-electron chi connectivity index (χ2n) is 7.49. The van der Waals surface area contributed by atoms with E-state index in [0.29, 0.717) is 29.0 Å². The molecule has 3 aromatic carbocycles. The van der Waals surface area contributed by atoms with Gasteiger partial charge in [0.25, 0.3) is 0 Å². The van der Waals surface area contributed by atoms with Gasteiger partial charge in [0, 0.05) is 17.5 Å². The van der Waals surface area contributed by atoms with Crippen molar-refractivity contribution in [1.29, 1.82) is 0 Å². The Labute approximate surface area is 191 Å². The molecule has 0 heterocycles. The van der Waals surface area contributed by atoms with E-state index in [-0.39, 0.29) is 23.1 Å². The summed E-state index contributed by atoms with van der Waals surface area (Å²) < 4.78 is 5.33. The van der Waals surface area contributed by atoms with Crippen molar-refractivity contribution >= 4 is 23.1 Å². The van der Waals surface area contributed by atoms with Crippen LogP contribution in [0.1, 0.15) is 21.5 Å². The molecule has 3 aromatic rings. The Bertz CT molecular complexity index is 1240. The summed E-state index contributed by atoms with van der Waals surface area (Å²) in [5.41, 5.74) is 2.81. The molecule has 0 bridgehead atoms. The fourth-order valence-electron chi connectivity index (χ4n) is 3.73. The van der Waals surface area contributed by atoms with E-state index in [9.17, 15) is 14.8 Å². The Balaban J connectivity index is 1.65. The number of benzene rings is 3. The number of carbonyl (C=O) groups is 2. The number of nitrogens with zero attached hydrogens (tertiary/aromatic N) is 1. The van der Waals surface area contributed by atoms with Crippen LogP contribution in [0.4, 0.5) is 5.69 Å². The maximum absolute atomic E-state index is 13.3. The van der Waals surface area contributed by atoms with Crippen molar-refractivity contribution < 1.29 is 19.5 Å². The lowest BCUT2D eigenvalue weighted by atomic mass is 9.91. The van der Waals surface area contributed by atoms with Gasteiger partial charge in [-0.15, -0.1) is 0 Å². The number of anilines is 1. The van der Waals surface area contributed by atoms with Crippen molar-refractivity contribution in [2.24, 2.45) is 5.16 Å². The Kier molecular flexibility index (Phi) is 6.50. The number of hydrogen-bond acceptors (Lipinski definition) is 6. The second-order valence-corrected chi connectivity index (χ2v) is 7.49. The fourth-order valence-corrected chi connectivity index (χ4v) is 3.73. The number of ketones is 1. The summed E-state index contributed by atoms with van der Waals surface area (Å²) in [6.07, 6.45) is 1.79. The molecule has 0 fully saturated rings. The maximum atomic E-state index is 13.3. The summed E-state index contributed by atoms with van der Waals surface area (Å²) >= 11 is 0. The molecule has 0 radical (unpaired) electrons. The molecule has 3 N–H and O–H groups in total. The summed E-state index contributed by atoms with van der Waals surface area (Å²) in [5, 5.41) is 18.8. The van der Waals surface area contributed by atoms with Crippen LogP contribution in [0.15, 0.2) is 95.8 Å². The van der Waals surface area contributed by atoms with Gasteiger partial charge in [0.15, 0.2) is 0 Å². The molecule has 1 amide bonds. The molecule has 0 saturated heterocycles. The Morgan fingerprint density at radius 3 is 2.36 bits per heavy atom. The van der Waals surface area contributed by atoms with Crippen LogP contribution >= 0.6 is 0 Å². The number of carbonyl (C=O) groups excluding carboxylic acids is 2. The Hall–Kier alpha value is -4.39. The zero-order valence-electron chi connectivity index (χ0n) is 18.0. The number of allylic oxidation sites excluding steroid dienone is 2. The van der Waals surface area contributed by atoms with E-state index in [1.54, 1.807) is 42.5 Å². The fraction of sp³-hybridized carbons (Fsp3) is 0.115. The number of amides is 1. The van der Waals surface area contributed by atoms with E-state index >= 15 is 0 Å². The van der Waals surface area contributed by atoms with Crippen LogP contribution in [0.5, 0.6) is 5.75 Å². The van der Waals surface area contributed by atoms with Crippen LogP contribution in [0.2, 0.25) is 0 Å². The predicted octanol–water partition coefficient (Wildman–Crippen LogP) is 3.79. The highest BCUT2D eigenvalue weighted by Gasteiger charge is 2.28. The van der Waals surface area contributed by atoms with Gasteiger partial charge in [0.1, 0.15) is 17.5 Å².